The first kappa shape index (κ1) is 16.4. The number of nitrogens with zero attached hydrogens (tertiary/aromatic N) is 4. The molecule has 2 aromatic heterocycles. The summed E-state index contributed by atoms with van der Waals surface area (Å²) >= 11 is 0. The normalized spacial score (nSPS) is 11.0. The fourth-order valence-corrected chi connectivity index (χ4v) is 2.59. The lowest BCUT2D eigenvalue weighted by Gasteiger charge is -2.10. The highest BCUT2D eigenvalue weighted by Crippen LogP contribution is 2.16. The first-order chi connectivity index (χ1) is 11.8. The van der Waals surface area contributed by atoms with Gasteiger partial charge in [-0.2, -0.15) is 4.57 Å². The first-order valence-corrected chi connectivity index (χ1v) is 7.32. The number of ketones is 1. The summed E-state index contributed by atoms with van der Waals surface area (Å²) < 4.78 is 2.74. The van der Waals surface area contributed by atoms with Crippen molar-refractivity contribution in [1.29, 1.82) is 0 Å². The average Bonchev–Trinajstić information content (AvgIpc) is 2.93. The van der Waals surface area contributed by atoms with Crippen LogP contribution in [0.3, 0.4) is 0 Å². The van der Waals surface area contributed by atoms with Crippen LogP contribution in [0.4, 0.5) is 0 Å². The lowest BCUT2D eigenvalue weighted by atomic mass is 10.2. The summed E-state index contributed by atoms with van der Waals surface area (Å²) in [6.07, 6.45) is 1.32. The van der Waals surface area contributed by atoms with E-state index in [0.29, 0.717) is 4.57 Å². The Hall–Kier alpha value is -3.49. The minimum Gasteiger partial charge on any atom is -0.507 e. The average molecular weight is 342 g/mol. The molecule has 0 fully saturated rings. The van der Waals surface area contributed by atoms with E-state index in [4.69, 9.17) is 0 Å². The van der Waals surface area contributed by atoms with Gasteiger partial charge in [-0.25, -0.2) is 9.78 Å². The molecular formula is C16H14N4O5. The van der Waals surface area contributed by atoms with Crippen LogP contribution >= 0.6 is 0 Å². The summed E-state index contributed by atoms with van der Waals surface area (Å²) in [7, 11) is 1.54. The highest BCUT2D eigenvalue weighted by Gasteiger charge is 2.24. The SMILES string of the molecule is CC(=O)Cn1c(=O)n(C(=O)c2ccccc2O)c(=O)c2c1ncn2C. The van der Waals surface area contributed by atoms with E-state index in [0.717, 1.165) is 4.57 Å². The Morgan fingerprint density at radius 1 is 1.20 bits per heavy atom. The molecule has 0 saturated heterocycles. The number of benzene rings is 1. The quantitative estimate of drug-likeness (QED) is 0.709. The van der Waals surface area contributed by atoms with Crippen molar-refractivity contribution in [2.45, 2.75) is 13.5 Å². The van der Waals surface area contributed by atoms with Crippen LogP contribution in [0.2, 0.25) is 0 Å². The molecule has 0 saturated carbocycles. The standard InChI is InChI=1S/C16H14N4O5/c1-9(21)7-19-13-12(18(2)8-17-13)15(24)20(16(19)25)14(23)10-5-3-4-6-11(10)22/h3-6,8,22H,7H2,1-2H3. The van der Waals surface area contributed by atoms with Gasteiger partial charge in [0.15, 0.2) is 11.2 Å². The molecule has 1 N–H and O–H groups in total. The third-order valence-corrected chi connectivity index (χ3v) is 3.72. The van der Waals surface area contributed by atoms with E-state index >= 15 is 0 Å². The van der Waals surface area contributed by atoms with Gasteiger partial charge in [-0.3, -0.25) is 19.0 Å². The number of hydrogen-bond acceptors (Lipinski definition) is 6. The second-order valence-electron chi connectivity index (χ2n) is 5.56. The number of carbonyl (C=O) groups excluding carboxylic acids is 2. The number of para-hydroxylation sites is 1. The second kappa shape index (κ2) is 5.86. The molecular weight excluding hydrogens is 328 g/mol. The molecule has 3 rings (SSSR count). The maximum Gasteiger partial charge on any atom is 0.340 e. The van der Waals surface area contributed by atoms with Gasteiger partial charge >= 0.3 is 5.69 Å². The van der Waals surface area contributed by atoms with Crippen molar-refractivity contribution in [1.82, 2.24) is 18.7 Å². The van der Waals surface area contributed by atoms with E-state index in [1.165, 1.54) is 49.1 Å². The Morgan fingerprint density at radius 2 is 1.88 bits per heavy atom. The maximum atomic E-state index is 12.7. The van der Waals surface area contributed by atoms with Crippen molar-refractivity contribution < 1.29 is 14.7 Å². The number of imidazole rings is 1. The zero-order valence-corrected chi connectivity index (χ0v) is 13.5. The minimum atomic E-state index is -0.986. The summed E-state index contributed by atoms with van der Waals surface area (Å²) in [5, 5.41) is 9.85. The van der Waals surface area contributed by atoms with E-state index in [1.807, 2.05) is 0 Å². The third kappa shape index (κ3) is 2.55. The third-order valence-electron chi connectivity index (χ3n) is 3.72. The largest absolute Gasteiger partial charge is 0.507 e. The number of aryl methyl sites for hydroxylation is 1. The zero-order chi connectivity index (χ0) is 18.3. The van der Waals surface area contributed by atoms with Crippen LogP contribution in [-0.2, 0) is 18.4 Å². The molecule has 3 aromatic rings. The van der Waals surface area contributed by atoms with Gasteiger partial charge in [0, 0.05) is 7.05 Å². The van der Waals surface area contributed by atoms with Crippen molar-refractivity contribution in [2.24, 2.45) is 7.05 Å². The predicted molar refractivity (Wildman–Crippen MR) is 87.8 cm³/mol. The summed E-state index contributed by atoms with van der Waals surface area (Å²) in [4.78, 5) is 53.6. The highest BCUT2D eigenvalue weighted by molar-refractivity contribution is 5.99. The van der Waals surface area contributed by atoms with E-state index in [2.05, 4.69) is 4.98 Å². The Morgan fingerprint density at radius 3 is 2.52 bits per heavy atom. The van der Waals surface area contributed by atoms with Crippen LogP contribution in [0.1, 0.15) is 17.3 Å². The molecule has 0 amide bonds. The number of aromatic nitrogens is 4. The molecule has 0 aliphatic carbocycles. The zero-order valence-electron chi connectivity index (χ0n) is 13.5. The van der Waals surface area contributed by atoms with Crippen LogP contribution in [0.25, 0.3) is 11.2 Å². The number of hydrogen-bond donors (Lipinski definition) is 1. The number of phenolic OH excluding ortho intramolecular Hbond substituents is 1. The molecule has 0 unspecified atom stereocenters. The van der Waals surface area contributed by atoms with Crippen LogP contribution < -0.4 is 11.2 Å². The Labute approximate surface area is 140 Å². The van der Waals surface area contributed by atoms with Gasteiger partial charge in [0.2, 0.25) is 0 Å². The molecule has 0 spiro atoms. The summed E-state index contributed by atoms with van der Waals surface area (Å²) in [6, 6.07) is 5.57. The number of carbonyl (C=O) groups is 2. The van der Waals surface area contributed by atoms with Gasteiger partial charge in [-0.05, 0) is 19.1 Å². The van der Waals surface area contributed by atoms with Gasteiger partial charge in [0.05, 0.1) is 18.4 Å². The highest BCUT2D eigenvalue weighted by atomic mass is 16.3. The maximum absolute atomic E-state index is 12.7. The Bertz CT molecular complexity index is 1140. The smallest absolute Gasteiger partial charge is 0.340 e. The predicted octanol–water partition coefficient (Wildman–Crippen LogP) is -0.120. The number of rotatable bonds is 3. The number of fused-ring (bicyclic) bond motifs is 1. The van der Waals surface area contributed by atoms with Crippen LogP contribution in [0.15, 0.2) is 40.2 Å². The minimum absolute atomic E-state index is 0.00428. The van der Waals surface area contributed by atoms with E-state index < -0.39 is 17.2 Å². The number of Topliss-reactive ketones (excluding diaryl/α,β-unsaturated/α-hetero) is 1. The molecule has 0 radical (unpaired) electrons. The Balaban J connectivity index is 2.39. The van der Waals surface area contributed by atoms with Crippen LogP contribution in [0.5, 0.6) is 5.75 Å². The van der Waals surface area contributed by atoms with Gasteiger partial charge < -0.3 is 9.67 Å². The van der Waals surface area contributed by atoms with Gasteiger partial charge in [-0.15, -0.1) is 0 Å². The van der Waals surface area contributed by atoms with Gasteiger partial charge in [0.25, 0.3) is 11.5 Å². The molecule has 25 heavy (non-hydrogen) atoms. The molecule has 0 aliphatic heterocycles. The molecule has 2 heterocycles. The molecule has 9 nitrogen and oxygen atoms in total. The van der Waals surface area contributed by atoms with Crippen LogP contribution in [0, 0.1) is 0 Å². The molecule has 9 heteroatoms. The molecule has 1 aromatic carbocycles. The number of aromatic hydroxyl groups is 1. The summed E-state index contributed by atoms with van der Waals surface area (Å²) in [6.45, 7) is 0.947. The van der Waals surface area contributed by atoms with E-state index in [9.17, 15) is 24.3 Å². The molecule has 128 valence electrons. The first-order valence-electron chi connectivity index (χ1n) is 7.32. The van der Waals surface area contributed by atoms with Gasteiger partial charge in [0.1, 0.15) is 11.5 Å². The topological polar surface area (TPSA) is 116 Å². The van der Waals surface area contributed by atoms with Crippen molar-refractivity contribution in [3.63, 3.8) is 0 Å². The van der Waals surface area contributed by atoms with Gasteiger partial charge in [-0.1, -0.05) is 12.1 Å². The molecule has 0 atom stereocenters. The van der Waals surface area contributed by atoms with Crippen LogP contribution in [-0.4, -0.2) is 35.5 Å². The lowest BCUT2D eigenvalue weighted by Crippen LogP contribution is -2.45. The van der Waals surface area contributed by atoms with Crippen molar-refractivity contribution in [2.75, 3.05) is 0 Å². The fourth-order valence-electron chi connectivity index (χ4n) is 2.59. The fraction of sp³-hybridized carbons (Fsp3) is 0.188. The van der Waals surface area contributed by atoms with Crippen molar-refractivity contribution in [3.05, 3.63) is 57.0 Å². The monoisotopic (exact) mass is 342 g/mol. The molecule has 0 aliphatic rings. The molecule has 0 bridgehead atoms. The lowest BCUT2D eigenvalue weighted by molar-refractivity contribution is -0.117. The van der Waals surface area contributed by atoms with Crippen molar-refractivity contribution >= 4 is 22.9 Å². The Kier molecular flexibility index (Phi) is 3.84. The van der Waals surface area contributed by atoms with E-state index in [-0.39, 0.29) is 34.8 Å². The summed E-state index contributed by atoms with van der Waals surface area (Å²) in [5.41, 5.74) is -2.02. The number of phenols is 1. The van der Waals surface area contributed by atoms with E-state index in [1.54, 1.807) is 0 Å². The van der Waals surface area contributed by atoms with Crippen molar-refractivity contribution in [3.8, 4) is 5.75 Å². The second-order valence-corrected chi connectivity index (χ2v) is 5.56. The summed E-state index contributed by atoms with van der Waals surface area (Å²) in [5.74, 6) is -1.68.